The Hall–Kier alpha value is -2.47. The molecule has 0 amide bonds. The summed E-state index contributed by atoms with van der Waals surface area (Å²) >= 11 is 0. The highest BCUT2D eigenvalue weighted by molar-refractivity contribution is 5.82. The van der Waals surface area contributed by atoms with Crippen molar-refractivity contribution in [1.82, 2.24) is 20.4 Å². The van der Waals surface area contributed by atoms with Crippen LogP contribution in [0.15, 0.2) is 35.0 Å². The van der Waals surface area contributed by atoms with Crippen LogP contribution in [0.25, 0.3) is 22.4 Å². The van der Waals surface area contributed by atoms with Crippen LogP contribution in [0.5, 0.6) is 0 Å². The van der Waals surface area contributed by atoms with Gasteiger partial charge < -0.3 is 14.7 Å². The number of nitrogens with one attached hydrogen (secondary N) is 1. The zero-order valence-electron chi connectivity index (χ0n) is 12.4. The van der Waals surface area contributed by atoms with Crippen LogP contribution in [-0.4, -0.2) is 41.3 Å². The molecule has 1 aliphatic rings. The quantitative estimate of drug-likeness (QED) is 0.780. The van der Waals surface area contributed by atoms with E-state index in [1.165, 1.54) is 5.56 Å². The van der Waals surface area contributed by atoms with Crippen molar-refractivity contribution in [3.05, 3.63) is 36.0 Å². The van der Waals surface area contributed by atoms with Crippen molar-refractivity contribution < 1.29 is 4.52 Å². The second-order valence-electron chi connectivity index (χ2n) is 5.56. The first-order valence-electron chi connectivity index (χ1n) is 7.46. The molecule has 2 aromatic heterocycles. The van der Waals surface area contributed by atoms with E-state index in [-0.39, 0.29) is 0 Å². The van der Waals surface area contributed by atoms with Crippen LogP contribution >= 0.6 is 0 Å². The van der Waals surface area contributed by atoms with Gasteiger partial charge in [0, 0.05) is 37.8 Å². The minimum Gasteiger partial charge on any atom is -0.336 e. The van der Waals surface area contributed by atoms with E-state index in [1.807, 2.05) is 6.07 Å². The number of rotatable bonds is 2. The van der Waals surface area contributed by atoms with E-state index >= 15 is 0 Å². The average Bonchev–Trinajstić information content (AvgIpc) is 3.05. The Morgan fingerprint density at radius 2 is 2.05 bits per heavy atom. The average molecular weight is 295 g/mol. The van der Waals surface area contributed by atoms with Crippen LogP contribution in [0, 0.1) is 6.92 Å². The highest BCUT2D eigenvalue weighted by atomic mass is 16.5. The third kappa shape index (κ3) is 2.42. The number of fused-ring (bicyclic) bond motifs is 1. The Morgan fingerprint density at radius 1 is 1.18 bits per heavy atom. The van der Waals surface area contributed by atoms with Crippen molar-refractivity contribution >= 4 is 16.9 Å². The lowest BCUT2D eigenvalue weighted by atomic mass is 10.1. The van der Waals surface area contributed by atoms with Crippen LogP contribution in [-0.2, 0) is 0 Å². The summed E-state index contributed by atoms with van der Waals surface area (Å²) in [6, 6.07) is 8.25. The minimum absolute atomic E-state index is 0.517. The van der Waals surface area contributed by atoms with E-state index in [0.29, 0.717) is 11.8 Å². The second-order valence-corrected chi connectivity index (χ2v) is 5.56. The van der Waals surface area contributed by atoms with Gasteiger partial charge in [-0.05, 0) is 29.8 Å². The molecule has 0 atom stereocenters. The topological polar surface area (TPSA) is 67.1 Å². The second kappa shape index (κ2) is 5.38. The predicted molar refractivity (Wildman–Crippen MR) is 84.9 cm³/mol. The molecule has 0 radical (unpaired) electrons. The summed E-state index contributed by atoms with van der Waals surface area (Å²) in [6.45, 7) is 5.75. The molecule has 112 valence electrons. The van der Waals surface area contributed by atoms with Gasteiger partial charge >= 0.3 is 0 Å². The maximum Gasteiger partial charge on any atom is 0.266 e. The molecule has 6 nitrogen and oxygen atoms in total. The zero-order valence-corrected chi connectivity index (χ0v) is 12.4. The van der Waals surface area contributed by atoms with Crippen molar-refractivity contribution in [3.63, 3.8) is 0 Å². The molecule has 3 heterocycles. The normalized spacial score (nSPS) is 15.4. The fourth-order valence-electron chi connectivity index (χ4n) is 2.67. The fraction of sp³-hybridized carbons (Fsp3) is 0.312. The van der Waals surface area contributed by atoms with Crippen LogP contribution in [0.4, 0.5) is 5.95 Å². The van der Waals surface area contributed by atoms with E-state index in [1.54, 1.807) is 6.20 Å². The van der Waals surface area contributed by atoms with Gasteiger partial charge in [-0.1, -0.05) is 12.1 Å². The van der Waals surface area contributed by atoms with Crippen LogP contribution in [0.3, 0.4) is 0 Å². The third-order valence-electron chi connectivity index (χ3n) is 3.90. The van der Waals surface area contributed by atoms with Crippen LogP contribution < -0.4 is 10.2 Å². The molecule has 3 aromatic rings. The van der Waals surface area contributed by atoms with Crippen molar-refractivity contribution in [2.45, 2.75) is 6.92 Å². The molecular weight excluding hydrogens is 278 g/mol. The number of anilines is 1. The van der Waals surface area contributed by atoms with E-state index < -0.39 is 0 Å². The number of benzene rings is 1. The van der Waals surface area contributed by atoms with Crippen molar-refractivity contribution in [2.24, 2.45) is 0 Å². The molecule has 1 aliphatic heterocycles. The zero-order chi connectivity index (χ0) is 14.9. The van der Waals surface area contributed by atoms with Gasteiger partial charge in [0.25, 0.3) is 11.8 Å². The molecule has 1 N–H and O–H groups in total. The number of hydrogen-bond acceptors (Lipinski definition) is 6. The SMILES string of the molecule is Cc1ccc2cc(-c3nc(N4CCNCC4)no3)cnc2c1. The molecule has 6 heteroatoms. The molecule has 0 bridgehead atoms. The maximum absolute atomic E-state index is 5.41. The van der Waals surface area contributed by atoms with Crippen LogP contribution in [0.1, 0.15) is 5.56 Å². The molecular formula is C16H17N5O. The van der Waals surface area contributed by atoms with Gasteiger partial charge in [-0.3, -0.25) is 4.98 Å². The molecule has 4 rings (SSSR count). The summed E-state index contributed by atoms with van der Waals surface area (Å²) in [5, 5.41) is 8.48. The molecule has 22 heavy (non-hydrogen) atoms. The van der Waals surface area contributed by atoms with Crippen molar-refractivity contribution in [3.8, 4) is 11.5 Å². The Kier molecular flexibility index (Phi) is 3.23. The number of pyridine rings is 1. The molecule has 0 unspecified atom stereocenters. The lowest BCUT2D eigenvalue weighted by molar-refractivity contribution is 0.427. The molecule has 1 fully saturated rings. The Balaban J connectivity index is 1.66. The summed E-state index contributed by atoms with van der Waals surface area (Å²) in [7, 11) is 0. The lowest BCUT2D eigenvalue weighted by Gasteiger charge is -2.25. The Labute approximate surface area is 128 Å². The number of aromatic nitrogens is 3. The number of piperazine rings is 1. The monoisotopic (exact) mass is 295 g/mol. The lowest BCUT2D eigenvalue weighted by Crippen LogP contribution is -2.44. The fourth-order valence-corrected chi connectivity index (χ4v) is 2.67. The van der Waals surface area contributed by atoms with Crippen LogP contribution in [0.2, 0.25) is 0 Å². The first kappa shape index (κ1) is 13.2. The van der Waals surface area contributed by atoms with Gasteiger partial charge in [-0.25, -0.2) is 0 Å². The smallest absolute Gasteiger partial charge is 0.266 e. The highest BCUT2D eigenvalue weighted by Gasteiger charge is 2.17. The number of aryl methyl sites for hydroxylation is 1. The summed E-state index contributed by atoms with van der Waals surface area (Å²) < 4.78 is 5.41. The molecule has 0 aliphatic carbocycles. The summed E-state index contributed by atoms with van der Waals surface area (Å²) in [5.41, 5.74) is 3.03. The van der Waals surface area contributed by atoms with Crippen molar-refractivity contribution in [1.29, 1.82) is 0 Å². The van der Waals surface area contributed by atoms with Gasteiger partial charge in [0.1, 0.15) is 0 Å². The van der Waals surface area contributed by atoms with E-state index in [9.17, 15) is 0 Å². The van der Waals surface area contributed by atoms with E-state index in [0.717, 1.165) is 42.6 Å². The highest BCUT2D eigenvalue weighted by Crippen LogP contribution is 2.23. The largest absolute Gasteiger partial charge is 0.336 e. The molecule has 0 spiro atoms. The minimum atomic E-state index is 0.517. The van der Waals surface area contributed by atoms with Crippen molar-refractivity contribution in [2.75, 3.05) is 31.1 Å². The first-order chi connectivity index (χ1) is 10.8. The number of hydrogen-bond donors (Lipinski definition) is 1. The summed E-state index contributed by atoms with van der Waals surface area (Å²) in [5.74, 6) is 1.17. The molecule has 1 saturated heterocycles. The van der Waals surface area contributed by atoms with Gasteiger partial charge in [0.15, 0.2) is 0 Å². The summed E-state index contributed by atoms with van der Waals surface area (Å²) in [4.78, 5) is 11.1. The predicted octanol–water partition coefficient (Wildman–Crippen LogP) is 2.00. The van der Waals surface area contributed by atoms with E-state index in [4.69, 9.17) is 4.52 Å². The Bertz CT molecular complexity index is 807. The van der Waals surface area contributed by atoms with Gasteiger partial charge in [0.05, 0.1) is 11.1 Å². The molecule has 1 aromatic carbocycles. The third-order valence-corrected chi connectivity index (χ3v) is 3.90. The first-order valence-corrected chi connectivity index (χ1v) is 7.46. The van der Waals surface area contributed by atoms with Gasteiger partial charge in [-0.15, -0.1) is 0 Å². The molecule has 0 saturated carbocycles. The van der Waals surface area contributed by atoms with Gasteiger partial charge in [0.2, 0.25) is 0 Å². The van der Waals surface area contributed by atoms with E-state index in [2.05, 4.69) is 50.5 Å². The van der Waals surface area contributed by atoms with Gasteiger partial charge in [-0.2, -0.15) is 4.98 Å². The standard InChI is InChI=1S/C16H17N5O/c1-11-2-3-12-9-13(10-18-14(12)8-11)15-19-16(20-22-15)21-6-4-17-5-7-21/h2-3,8-10,17H,4-7H2,1H3. The summed E-state index contributed by atoms with van der Waals surface area (Å²) in [6.07, 6.45) is 1.79. The maximum atomic E-state index is 5.41. The Morgan fingerprint density at radius 3 is 2.91 bits per heavy atom. The number of nitrogens with zero attached hydrogens (tertiary/aromatic N) is 4.